The lowest BCUT2D eigenvalue weighted by molar-refractivity contribution is 1.21. The van der Waals surface area contributed by atoms with Crippen LogP contribution in [0.25, 0.3) is 6.08 Å². The molecule has 0 unspecified atom stereocenters. The van der Waals surface area contributed by atoms with E-state index < -0.39 is 0 Å². The van der Waals surface area contributed by atoms with Gasteiger partial charge in [0.25, 0.3) is 0 Å². The van der Waals surface area contributed by atoms with Crippen molar-refractivity contribution in [1.82, 2.24) is 5.32 Å². The third-order valence-electron chi connectivity index (χ3n) is 1.75. The van der Waals surface area contributed by atoms with Gasteiger partial charge in [0.05, 0.1) is 0 Å². The molecule has 67 valence electrons. The van der Waals surface area contributed by atoms with Crippen molar-refractivity contribution in [2.24, 2.45) is 0 Å². The summed E-state index contributed by atoms with van der Waals surface area (Å²) < 4.78 is 0. The van der Waals surface area contributed by atoms with Crippen molar-refractivity contribution in [3.63, 3.8) is 0 Å². The Balaban J connectivity index is 2.69. The number of nitrogens with one attached hydrogen (secondary N) is 1. The molecule has 1 nitrogen and oxygen atoms in total. The second-order valence-electron chi connectivity index (χ2n) is 2.77. The van der Waals surface area contributed by atoms with Gasteiger partial charge in [0, 0.05) is 7.05 Å². The van der Waals surface area contributed by atoms with Gasteiger partial charge in [0.1, 0.15) is 0 Å². The molecular formula is C12H14N. The Hall–Kier alpha value is -1.50. The van der Waals surface area contributed by atoms with E-state index in [4.69, 9.17) is 0 Å². The van der Waals surface area contributed by atoms with E-state index in [0.29, 0.717) is 0 Å². The summed E-state index contributed by atoms with van der Waals surface area (Å²) in [6.07, 6.45) is 6.62. The molecule has 1 aromatic rings. The average Bonchev–Trinajstić information content (AvgIpc) is 2.17. The Morgan fingerprint density at radius 1 is 1.23 bits per heavy atom. The number of rotatable bonds is 4. The molecule has 0 fully saturated rings. The lowest BCUT2D eigenvalue weighted by Crippen LogP contribution is -1.86. The minimum Gasteiger partial charge on any atom is -0.389 e. The third kappa shape index (κ3) is 3.16. The van der Waals surface area contributed by atoms with Crippen molar-refractivity contribution in [3.05, 3.63) is 61.3 Å². The Morgan fingerprint density at radius 2 is 1.92 bits per heavy atom. The number of hydrogen-bond acceptors (Lipinski definition) is 1. The van der Waals surface area contributed by atoms with Crippen LogP contribution in [0.1, 0.15) is 11.1 Å². The molecule has 0 amide bonds. The maximum atomic E-state index is 3.70. The molecule has 0 saturated carbocycles. The van der Waals surface area contributed by atoms with Crippen LogP contribution in [0.3, 0.4) is 0 Å². The molecule has 1 N–H and O–H groups in total. The molecule has 0 aromatic heterocycles. The summed E-state index contributed by atoms with van der Waals surface area (Å²) in [6.45, 7) is 3.70. The summed E-state index contributed by atoms with van der Waals surface area (Å²) in [5.41, 5.74) is 2.46. The molecule has 1 aromatic carbocycles. The molecule has 0 spiro atoms. The van der Waals surface area contributed by atoms with Crippen LogP contribution >= 0.6 is 0 Å². The molecule has 0 bridgehead atoms. The first-order chi connectivity index (χ1) is 6.36. The van der Waals surface area contributed by atoms with Crippen molar-refractivity contribution in [3.8, 4) is 0 Å². The second kappa shape index (κ2) is 5.20. The first kappa shape index (κ1) is 9.59. The summed E-state index contributed by atoms with van der Waals surface area (Å²) in [6, 6.07) is 8.36. The zero-order chi connectivity index (χ0) is 9.52. The van der Waals surface area contributed by atoms with Crippen molar-refractivity contribution in [1.29, 1.82) is 0 Å². The highest BCUT2D eigenvalue weighted by atomic mass is 14.8. The van der Waals surface area contributed by atoms with E-state index >= 15 is 0 Å². The molecule has 1 rings (SSSR count). The molecule has 0 aliphatic rings. The van der Waals surface area contributed by atoms with Crippen LogP contribution < -0.4 is 5.32 Å². The smallest absolute Gasteiger partial charge is 0.0314 e. The fourth-order valence-corrected chi connectivity index (χ4v) is 1.09. The zero-order valence-corrected chi connectivity index (χ0v) is 7.66. The SMILES string of the molecule is [CH2]NC=Cc1ccc(CC=C)cc1. The number of hydrogen-bond donors (Lipinski definition) is 1. The van der Waals surface area contributed by atoms with Crippen LogP contribution in [-0.4, -0.2) is 0 Å². The van der Waals surface area contributed by atoms with Gasteiger partial charge in [-0.05, 0) is 29.8 Å². The average molecular weight is 172 g/mol. The van der Waals surface area contributed by atoms with Crippen LogP contribution in [0, 0.1) is 7.05 Å². The molecular weight excluding hydrogens is 158 g/mol. The standard InChI is InChI=1S/C12H14N/c1-3-4-11-5-7-12(8-6-11)9-10-13-2/h3,5-10,13H,1-2,4H2. The van der Waals surface area contributed by atoms with Gasteiger partial charge in [-0.15, -0.1) is 6.58 Å². The van der Waals surface area contributed by atoms with Gasteiger partial charge in [0.15, 0.2) is 0 Å². The molecule has 0 aliphatic heterocycles. The van der Waals surface area contributed by atoms with Gasteiger partial charge in [-0.2, -0.15) is 0 Å². The van der Waals surface area contributed by atoms with Crippen LogP contribution in [0.5, 0.6) is 0 Å². The highest BCUT2D eigenvalue weighted by molar-refractivity contribution is 5.49. The van der Waals surface area contributed by atoms with Crippen LogP contribution in [-0.2, 0) is 6.42 Å². The van der Waals surface area contributed by atoms with E-state index in [9.17, 15) is 0 Å². The van der Waals surface area contributed by atoms with Gasteiger partial charge >= 0.3 is 0 Å². The number of allylic oxidation sites excluding steroid dienone is 1. The zero-order valence-electron chi connectivity index (χ0n) is 7.66. The fourth-order valence-electron chi connectivity index (χ4n) is 1.09. The summed E-state index contributed by atoms with van der Waals surface area (Å²) in [4.78, 5) is 0. The molecule has 0 saturated heterocycles. The Bertz CT molecular complexity index is 282. The topological polar surface area (TPSA) is 12.0 Å². The van der Waals surface area contributed by atoms with Crippen molar-refractivity contribution in [2.75, 3.05) is 0 Å². The largest absolute Gasteiger partial charge is 0.389 e. The summed E-state index contributed by atoms with van der Waals surface area (Å²) in [5, 5.41) is 2.71. The van der Waals surface area contributed by atoms with Gasteiger partial charge in [-0.25, -0.2) is 0 Å². The van der Waals surface area contributed by atoms with E-state index in [0.717, 1.165) is 6.42 Å². The first-order valence-electron chi connectivity index (χ1n) is 4.26. The van der Waals surface area contributed by atoms with Gasteiger partial charge < -0.3 is 5.32 Å². The van der Waals surface area contributed by atoms with Crippen LogP contribution in [0.2, 0.25) is 0 Å². The van der Waals surface area contributed by atoms with Gasteiger partial charge in [-0.1, -0.05) is 30.3 Å². The summed E-state index contributed by atoms with van der Waals surface area (Å²) in [5.74, 6) is 0. The molecule has 1 heteroatoms. The summed E-state index contributed by atoms with van der Waals surface area (Å²) >= 11 is 0. The monoisotopic (exact) mass is 172 g/mol. The quantitative estimate of drug-likeness (QED) is 0.689. The lowest BCUT2D eigenvalue weighted by atomic mass is 10.1. The van der Waals surface area contributed by atoms with Crippen molar-refractivity contribution < 1.29 is 0 Å². The highest BCUT2D eigenvalue weighted by Gasteiger charge is 1.88. The fraction of sp³-hybridized carbons (Fsp3) is 0.0833. The first-order valence-corrected chi connectivity index (χ1v) is 4.26. The van der Waals surface area contributed by atoms with Crippen molar-refractivity contribution >= 4 is 6.08 Å². The Morgan fingerprint density at radius 3 is 2.46 bits per heavy atom. The summed E-state index contributed by atoms with van der Waals surface area (Å²) in [7, 11) is 3.50. The van der Waals surface area contributed by atoms with E-state index in [1.165, 1.54) is 11.1 Å². The second-order valence-corrected chi connectivity index (χ2v) is 2.77. The molecule has 0 atom stereocenters. The third-order valence-corrected chi connectivity index (χ3v) is 1.75. The van der Waals surface area contributed by atoms with Crippen molar-refractivity contribution in [2.45, 2.75) is 6.42 Å². The Kier molecular flexibility index (Phi) is 3.83. The predicted octanol–water partition coefficient (Wildman–Crippen LogP) is 2.77. The lowest BCUT2D eigenvalue weighted by Gasteiger charge is -1.97. The molecule has 13 heavy (non-hydrogen) atoms. The van der Waals surface area contributed by atoms with E-state index in [2.05, 4.69) is 43.2 Å². The molecule has 0 aliphatic carbocycles. The minimum absolute atomic E-state index is 0.928. The maximum Gasteiger partial charge on any atom is 0.0314 e. The van der Waals surface area contributed by atoms with E-state index in [1.54, 1.807) is 0 Å². The molecule has 1 radical (unpaired) electrons. The predicted molar refractivity (Wildman–Crippen MR) is 57.9 cm³/mol. The van der Waals surface area contributed by atoms with Gasteiger partial charge in [0.2, 0.25) is 0 Å². The number of benzene rings is 1. The van der Waals surface area contributed by atoms with Gasteiger partial charge in [-0.3, -0.25) is 0 Å². The van der Waals surface area contributed by atoms with Crippen LogP contribution in [0.15, 0.2) is 43.1 Å². The highest BCUT2D eigenvalue weighted by Crippen LogP contribution is 2.06. The van der Waals surface area contributed by atoms with E-state index in [-0.39, 0.29) is 0 Å². The van der Waals surface area contributed by atoms with Crippen LogP contribution in [0.4, 0.5) is 0 Å². The maximum absolute atomic E-state index is 3.70. The Labute approximate surface area is 79.8 Å². The molecule has 0 heterocycles. The normalized spacial score (nSPS) is 10.2. The van der Waals surface area contributed by atoms with E-state index in [1.807, 2.05) is 18.4 Å². The minimum atomic E-state index is 0.928.